The Balaban J connectivity index is 1.66. The molecular weight excluding hydrogens is 304 g/mol. The van der Waals surface area contributed by atoms with E-state index < -0.39 is 0 Å². The average Bonchev–Trinajstić information content (AvgIpc) is 2.57. The molecule has 1 fully saturated rings. The Kier molecular flexibility index (Phi) is 5.00. The van der Waals surface area contributed by atoms with Crippen molar-refractivity contribution >= 4 is 17.7 Å². The van der Waals surface area contributed by atoms with E-state index in [9.17, 15) is 4.79 Å². The first-order chi connectivity index (χ1) is 11.6. The molecule has 1 aliphatic rings. The van der Waals surface area contributed by atoms with E-state index in [0.717, 1.165) is 43.0 Å². The second-order valence-electron chi connectivity index (χ2n) is 6.12. The molecule has 0 unspecified atom stereocenters. The Bertz CT molecular complexity index is 712. The van der Waals surface area contributed by atoms with Crippen molar-refractivity contribution in [3.05, 3.63) is 41.9 Å². The highest BCUT2D eigenvalue weighted by molar-refractivity contribution is 5.75. The van der Waals surface area contributed by atoms with Crippen LogP contribution in [0.2, 0.25) is 0 Å². The first-order valence-electron chi connectivity index (χ1n) is 8.14. The van der Waals surface area contributed by atoms with Crippen molar-refractivity contribution in [2.45, 2.75) is 25.7 Å². The van der Waals surface area contributed by atoms with Crippen LogP contribution in [0.4, 0.5) is 11.8 Å². The Morgan fingerprint density at radius 3 is 2.79 bits per heavy atom. The van der Waals surface area contributed by atoms with E-state index in [0.29, 0.717) is 18.4 Å². The lowest BCUT2D eigenvalue weighted by Crippen LogP contribution is -2.39. The molecule has 0 aromatic carbocycles. The third-order valence-electron chi connectivity index (χ3n) is 4.30. The lowest BCUT2D eigenvalue weighted by atomic mass is 9.93. The van der Waals surface area contributed by atoms with Crippen molar-refractivity contribution < 1.29 is 4.79 Å². The van der Waals surface area contributed by atoms with Gasteiger partial charge in [-0.1, -0.05) is 6.07 Å². The number of amides is 1. The minimum atomic E-state index is -0.271. The van der Waals surface area contributed by atoms with Crippen LogP contribution in [-0.4, -0.2) is 45.4 Å². The van der Waals surface area contributed by atoms with Crippen LogP contribution in [0.25, 0.3) is 0 Å². The standard InChI is InChI=1S/C17H22N6O/c1-12-3-2-7-19-16(12)22-17-20-8-4-14(21-17)13-5-9-23(10-6-13)11-15(18)24/h2-4,7-8,13H,5-6,9-11H2,1H3,(H2,18,24)(H,19,20,21,22). The van der Waals surface area contributed by atoms with Crippen molar-refractivity contribution in [1.82, 2.24) is 19.9 Å². The van der Waals surface area contributed by atoms with Gasteiger partial charge < -0.3 is 11.1 Å². The number of carbonyl (C=O) groups is 1. The summed E-state index contributed by atoms with van der Waals surface area (Å²) in [4.78, 5) is 26.4. The summed E-state index contributed by atoms with van der Waals surface area (Å²) in [6.45, 7) is 4.05. The Hall–Kier alpha value is -2.54. The maximum atomic E-state index is 11.0. The van der Waals surface area contributed by atoms with Gasteiger partial charge in [0.2, 0.25) is 11.9 Å². The van der Waals surface area contributed by atoms with Gasteiger partial charge in [-0.15, -0.1) is 0 Å². The van der Waals surface area contributed by atoms with Gasteiger partial charge in [0.05, 0.1) is 6.54 Å². The van der Waals surface area contributed by atoms with E-state index in [1.807, 2.05) is 25.1 Å². The molecule has 7 heteroatoms. The topological polar surface area (TPSA) is 97.0 Å². The number of pyridine rings is 1. The quantitative estimate of drug-likeness (QED) is 0.866. The first-order valence-corrected chi connectivity index (χ1v) is 8.14. The largest absolute Gasteiger partial charge is 0.369 e. The summed E-state index contributed by atoms with van der Waals surface area (Å²) in [5.41, 5.74) is 7.33. The summed E-state index contributed by atoms with van der Waals surface area (Å²) in [7, 11) is 0. The van der Waals surface area contributed by atoms with E-state index in [2.05, 4.69) is 25.2 Å². The predicted molar refractivity (Wildman–Crippen MR) is 91.9 cm³/mol. The van der Waals surface area contributed by atoms with E-state index in [1.54, 1.807) is 12.4 Å². The number of aromatic nitrogens is 3. The lowest BCUT2D eigenvalue weighted by molar-refractivity contribution is -0.119. The summed E-state index contributed by atoms with van der Waals surface area (Å²) < 4.78 is 0. The van der Waals surface area contributed by atoms with E-state index in [-0.39, 0.29) is 5.91 Å². The van der Waals surface area contributed by atoms with Crippen LogP contribution in [0.5, 0.6) is 0 Å². The van der Waals surface area contributed by atoms with Crippen LogP contribution < -0.4 is 11.1 Å². The first kappa shape index (κ1) is 16.3. The highest BCUT2D eigenvalue weighted by Crippen LogP contribution is 2.27. The molecule has 126 valence electrons. The number of hydrogen-bond donors (Lipinski definition) is 2. The van der Waals surface area contributed by atoms with Crippen molar-refractivity contribution in [3.63, 3.8) is 0 Å². The molecule has 1 amide bonds. The van der Waals surface area contributed by atoms with Gasteiger partial charge in [-0.3, -0.25) is 9.69 Å². The maximum absolute atomic E-state index is 11.0. The molecule has 2 aromatic rings. The van der Waals surface area contributed by atoms with Crippen LogP contribution in [0, 0.1) is 6.92 Å². The van der Waals surface area contributed by atoms with Crippen molar-refractivity contribution in [1.29, 1.82) is 0 Å². The molecule has 0 radical (unpaired) electrons. The monoisotopic (exact) mass is 326 g/mol. The van der Waals surface area contributed by atoms with Gasteiger partial charge >= 0.3 is 0 Å². The molecule has 0 atom stereocenters. The minimum Gasteiger partial charge on any atom is -0.369 e. The van der Waals surface area contributed by atoms with Crippen molar-refractivity contribution in [2.75, 3.05) is 25.0 Å². The van der Waals surface area contributed by atoms with Crippen LogP contribution in [0.1, 0.15) is 30.0 Å². The number of nitrogens with one attached hydrogen (secondary N) is 1. The highest BCUT2D eigenvalue weighted by Gasteiger charge is 2.22. The van der Waals surface area contributed by atoms with Crippen LogP contribution in [0.3, 0.4) is 0 Å². The fourth-order valence-corrected chi connectivity index (χ4v) is 2.99. The fourth-order valence-electron chi connectivity index (χ4n) is 2.99. The summed E-state index contributed by atoms with van der Waals surface area (Å²) in [5.74, 6) is 1.44. The molecule has 0 saturated carbocycles. The van der Waals surface area contributed by atoms with Crippen LogP contribution >= 0.6 is 0 Å². The van der Waals surface area contributed by atoms with Crippen molar-refractivity contribution in [2.24, 2.45) is 5.73 Å². The Labute approximate surface area is 141 Å². The molecule has 1 saturated heterocycles. The van der Waals surface area contributed by atoms with Crippen LogP contribution in [-0.2, 0) is 4.79 Å². The summed E-state index contributed by atoms with van der Waals surface area (Å²) in [6, 6.07) is 5.86. The van der Waals surface area contributed by atoms with Gasteiger partial charge in [-0.05, 0) is 50.6 Å². The zero-order valence-electron chi connectivity index (χ0n) is 13.8. The van der Waals surface area contributed by atoms with E-state index in [1.165, 1.54) is 0 Å². The molecule has 1 aliphatic heterocycles. The highest BCUT2D eigenvalue weighted by atomic mass is 16.1. The smallest absolute Gasteiger partial charge is 0.231 e. The number of carbonyl (C=O) groups excluding carboxylic acids is 1. The van der Waals surface area contributed by atoms with Gasteiger partial charge in [-0.2, -0.15) is 0 Å². The summed E-state index contributed by atoms with van der Waals surface area (Å²) >= 11 is 0. The third kappa shape index (κ3) is 4.05. The number of rotatable bonds is 5. The number of likely N-dealkylation sites (tertiary alicyclic amines) is 1. The van der Waals surface area contributed by atoms with Crippen molar-refractivity contribution in [3.8, 4) is 0 Å². The number of hydrogen-bond acceptors (Lipinski definition) is 6. The summed E-state index contributed by atoms with van der Waals surface area (Å²) in [6.07, 6.45) is 5.45. The molecule has 7 nitrogen and oxygen atoms in total. The third-order valence-corrected chi connectivity index (χ3v) is 4.30. The number of nitrogens with zero attached hydrogens (tertiary/aromatic N) is 4. The molecule has 0 aliphatic carbocycles. The Morgan fingerprint density at radius 1 is 1.29 bits per heavy atom. The normalized spacial score (nSPS) is 16.0. The second-order valence-corrected chi connectivity index (χ2v) is 6.12. The Morgan fingerprint density at radius 2 is 2.08 bits per heavy atom. The molecule has 3 heterocycles. The van der Waals surface area contributed by atoms with Gasteiger partial charge in [0.1, 0.15) is 5.82 Å². The summed E-state index contributed by atoms with van der Waals surface area (Å²) in [5, 5.41) is 3.18. The zero-order valence-corrected chi connectivity index (χ0v) is 13.8. The second kappa shape index (κ2) is 7.35. The zero-order chi connectivity index (χ0) is 16.9. The number of anilines is 2. The molecule has 0 bridgehead atoms. The maximum Gasteiger partial charge on any atom is 0.231 e. The van der Waals surface area contributed by atoms with Gasteiger partial charge in [-0.25, -0.2) is 15.0 Å². The molecule has 0 spiro atoms. The van der Waals surface area contributed by atoms with Gasteiger partial charge in [0.15, 0.2) is 0 Å². The fraction of sp³-hybridized carbons (Fsp3) is 0.412. The lowest BCUT2D eigenvalue weighted by Gasteiger charge is -2.30. The van der Waals surface area contributed by atoms with E-state index >= 15 is 0 Å². The molecule has 3 N–H and O–H groups in total. The molecule has 2 aromatic heterocycles. The number of nitrogens with two attached hydrogens (primary N) is 1. The number of primary amides is 1. The number of aryl methyl sites for hydroxylation is 1. The molecule has 24 heavy (non-hydrogen) atoms. The van der Waals surface area contributed by atoms with E-state index in [4.69, 9.17) is 5.73 Å². The number of piperidine rings is 1. The molecular formula is C17H22N6O. The molecule has 3 rings (SSSR count). The van der Waals surface area contributed by atoms with Gasteiger partial charge in [0.25, 0.3) is 0 Å². The average molecular weight is 326 g/mol. The van der Waals surface area contributed by atoms with Crippen LogP contribution in [0.15, 0.2) is 30.6 Å². The SMILES string of the molecule is Cc1cccnc1Nc1nccc(C2CCN(CC(N)=O)CC2)n1. The predicted octanol–water partition coefficient (Wildman–Crippen LogP) is 1.59. The minimum absolute atomic E-state index is 0.271. The van der Waals surface area contributed by atoms with Gasteiger partial charge in [0, 0.05) is 24.0 Å².